The number of hydrogen-bond acceptors (Lipinski definition) is 6. The minimum atomic E-state index is -3.49. The number of rotatable bonds is 8. The number of sulfonamides is 1. The van der Waals surface area contributed by atoms with Crippen molar-refractivity contribution in [1.29, 1.82) is 0 Å². The van der Waals surface area contributed by atoms with Gasteiger partial charge in [0.25, 0.3) is 0 Å². The van der Waals surface area contributed by atoms with E-state index in [2.05, 4.69) is 25.3 Å². The summed E-state index contributed by atoms with van der Waals surface area (Å²) < 4.78 is 28.0. The fourth-order valence-electron chi connectivity index (χ4n) is 2.25. The van der Waals surface area contributed by atoms with Gasteiger partial charge in [-0.2, -0.15) is 5.10 Å². The lowest BCUT2D eigenvalue weighted by molar-refractivity contribution is 0.592. The van der Waals surface area contributed by atoms with Gasteiger partial charge in [-0.3, -0.25) is 0 Å². The fourth-order valence-corrected chi connectivity index (χ4v) is 3.07. The molecule has 0 aliphatic heterocycles. The predicted octanol–water partition coefficient (Wildman–Crippen LogP) is 1.97. The summed E-state index contributed by atoms with van der Waals surface area (Å²) in [5.74, 6) is 1.17. The molecule has 0 spiro atoms. The molecule has 0 aliphatic carbocycles. The van der Waals surface area contributed by atoms with Crippen molar-refractivity contribution < 1.29 is 8.42 Å². The molecule has 2 heterocycles. The highest BCUT2D eigenvalue weighted by molar-refractivity contribution is 7.92. The third kappa shape index (κ3) is 5.73. The van der Waals surface area contributed by atoms with E-state index in [4.69, 9.17) is 0 Å². The molecule has 0 radical (unpaired) electrons. The number of benzene rings is 1. The van der Waals surface area contributed by atoms with Crippen LogP contribution in [0, 0.1) is 6.92 Å². The van der Waals surface area contributed by atoms with Gasteiger partial charge < -0.3 is 5.32 Å². The van der Waals surface area contributed by atoms with Crippen LogP contribution in [-0.4, -0.2) is 41.5 Å². The van der Waals surface area contributed by atoms with Gasteiger partial charge in [0, 0.05) is 24.7 Å². The molecule has 2 aromatic heterocycles. The van der Waals surface area contributed by atoms with Gasteiger partial charge in [-0.15, -0.1) is 10.2 Å². The van der Waals surface area contributed by atoms with Crippen LogP contribution in [0.2, 0.25) is 0 Å². The van der Waals surface area contributed by atoms with E-state index in [-0.39, 0.29) is 6.54 Å². The Labute approximate surface area is 158 Å². The molecule has 0 atom stereocenters. The zero-order chi connectivity index (χ0) is 19.1. The summed E-state index contributed by atoms with van der Waals surface area (Å²) in [6.07, 6.45) is 3.36. The Morgan fingerprint density at radius 3 is 2.52 bits per heavy atom. The minimum Gasteiger partial charge on any atom is -0.367 e. The average Bonchev–Trinajstić information content (AvgIpc) is 3.11. The summed E-state index contributed by atoms with van der Waals surface area (Å²) in [6, 6.07) is 14.7. The zero-order valence-corrected chi connectivity index (χ0v) is 15.6. The van der Waals surface area contributed by atoms with Crippen LogP contribution in [0.4, 0.5) is 5.82 Å². The Bertz CT molecular complexity index is 998. The first kappa shape index (κ1) is 18.7. The second-order valence-corrected chi connectivity index (χ2v) is 7.41. The summed E-state index contributed by atoms with van der Waals surface area (Å²) in [5, 5.41) is 16.6. The highest BCUT2D eigenvalue weighted by atomic mass is 32.2. The second-order valence-electron chi connectivity index (χ2n) is 5.76. The Morgan fingerprint density at radius 1 is 1.04 bits per heavy atom. The summed E-state index contributed by atoms with van der Waals surface area (Å²) >= 11 is 0. The molecule has 140 valence electrons. The summed E-state index contributed by atoms with van der Waals surface area (Å²) in [6.45, 7) is 2.51. The molecule has 3 aromatic rings. The molecule has 1 aromatic carbocycles. The number of anilines is 1. The van der Waals surface area contributed by atoms with E-state index in [1.165, 1.54) is 0 Å². The third-order valence-electron chi connectivity index (χ3n) is 3.58. The first-order valence-electron chi connectivity index (χ1n) is 8.35. The van der Waals surface area contributed by atoms with E-state index >= 15 is 0 Å². The average molecular weight is 384 g/mol. The van der Waals surface area contributed by atoms with Crippen molar-refractivity contribution in [2.24, 2.45) is 0 Å². The molecule has 0 unspecified atom stereocenters. The summed E-state index contributed by atoms with van der Waals surface area (Å²) in [7, 11) is -3.49. The van der Waals surface area contributed by atoms with E-state index in [9.17, 15) is 8.42 Å². The smallest absolute Gasteiger partial charge is 0.233 e. The van der Waals surface area contributed by atoms with Gasteiger partial charge in [0.05, 0.1) is 5.69 Å². The molecule has 3 rings (SSSR count). The van der Waals surface area contributed by atoms with Gasteiger partial charge in [-0.05, 0) is 36.8 Å². The lowest BCUT2D eigenvalue weighted by Gasteiger charge is -2.06. The molecule has 0 amide bonds. The lowest BCUT2D eigenvalue weighted by atomic mass is 10.2. The van der Waals surface area contributed by atoms with Gasteiger partial charge >= 0.3 is 0 Å². The summed E-state index contributed by atoms with van der Waals surface area (Å²) in [5.41, 5.74) is 1.72. The quantitative estimate of drug-likeness (QED) is 0.576. The van der Waals surface area contributed by atoms with Crippen LogP contribution in [-0.2, 0) is 10.0 Å². The van der Waals surface area contributed by atoms with E-state index in [0.717, 1.165) is 16.7 Å². The SMILES string of the molecule is Cc1ccn(-c2ccc(NCCNS(=O)(=O)/C=C/c3ccccc3)nn2)n1. The summed E-state index contributed by atoms with van der Waals surface area (Å²) in [4.78, 5) is 0. The first-order valence-corrected chi connectivity index (χ1v) is 9.89. The van der Waals surface area contributed by atoms with Crippen molar-refractivity contribution in [3.05, 3.63) is 71.4 Å². The van der Waals surface area contributed by atoms with Gasteiger partial charge in [-0.25, -0.2) is 17.8 Å². The van der Waals surface area contributed by atoms with Crippen LogP contribution < -0.4 is 10.0 Å². The maximum atomic E-state index is 12.0. The van der Waals surface area contributed by atoms with Crippen molar-refractivity contribution in [1.82, 2.24) is 24.7 Å². The van der Waals surface area contributed by atoms with E-state index in [1.807, 2.05) is 49.5 Å². The maximum absolute atomic E-state index is 12.0. The Hall–Kier alpha value is -3.04. The Balaban J connectivity index is 1.46. The van der Waals surface area contributed by atoms with Crippen molar-refractivity contribution in [3.8, 4) is 5.82 Å². The van der Waals surface area contributed by atoms with Crippen molar-refractivity contribution >= 4 is 21.9 Å². The molecular weight excluding hydrogens is 364 g/mol. The highest BCUT2D eigenvalue weighted by Gasteiger charge is 2.05. The monoisotopic (exact) mass is 384 g/mol. The van der Waals surface area contributed by atoms with Crippen LogP contribution in [0.25, 0.3) is 11.9 Å². The van der Waals surface area contributed by atoms with Crippen LogP contribution in [0.1, 0.15) is 11.3 Å². The van der Waals surface area contributed by atoms with Crippen LogP contribution in [0.3, 0.4) is 0 Å². The van der Waals surface area contributed by atoms with Gasteiger partial charge in [0.15, 0.2) is 5.82 Å². The molecule has 0 saturated heterocycles. The Kier molecular flexibility index (Phi) is 5.94. The largest absolute Gasteiger partial charge is 0.367 e. The standard InChI is InChI=1S/C18H20N6O2S/c1-15-9-13-24(23-15)18-8-7-17(21-22-18)19-11-12-20-27(25,26)14-10-16-5-3-2-4-6-16/h2-10,13-14,20H,11-12H2,1H3,(H,19,21)/b14-10+. The predicted molar refractivity (Wildman–Crippen MR) is 105 cm³/mol. The third-order valence-corrected chi connectivity index (χ3v) is 4.68. The maximum Gasteiger partial charge on any atom is 0.233 e. The van der Waals surface area contributed by atoms with E-state index in [1.54, 1.807) is 22.9 Å². The van der Waals surface area contributed by atoms with Crippen molar-refractivity contribution in [2.45, 2.75) is 6.92 Å². The molecular formula is C18H20N6O2S. The van der Waals surface area contributed by atoms with Gasteiger partial charge in [0.1, 0.15) is 5.82 Å². The lowest BCUT2D eigenvalue weighted by Crippen LogP contribution is -2.27. The Morgan fingerprint density at radius 2 is 1.85 bits per heavy atom. The van der Waals surface area contributed by atoms with E-state index < -0.39 is 10.0 Å². The van der Waals surface area contributed by atoms with E-state index in [0.29, 0.717) is 18.2 Å². The topological polar surface area (TPSA) is 102 Å². The van der Waals surface area contributed by atoms with Crippen molar-refractivity contribution in [2.75, 3.05) is 18.4 Å². The number of aromatic nitrogens is 4. The number of aryl methyl sites for hydroxylation is 1. The van der Waals surface area contributed by atoms with Crippen molar-refractivity contribution in [3.63, 3.8) is 0 Å². The molecule has 0 aliphatic rings. The second kappa shape index (κ2) is 8.56. The molecule has 2 N–H and O–H groups in total. The van der Waals surface area contributed by atoms with Gasteiger partial charge in [0.2, 0.25) is 10.0 Å². The molecule has 0 fully saturated rings. The first-order chi connectivity index (χ1) is 13.0. The molecule has 27 heavy (non-hydrogen) atoms. The zero-order valence-electron chi connectivity index (χ0n) is 14.8. The number of nitrogens with one attached hydrogen (secondary N) is 2. The minimum absolute atomic E-state index is 0.225. The van der Waals surface area contributed by atoms with Crippen LogP contribution >= 0.6 is 0 Å². The van der Waals surface area contributed by atoms with Crippen LogP contribution in [0.5, 0.6) is 0 Å². The van der Waals surface area contributed by atoms with Crippen LogP contribution in [0.15, 0.2) is 60.1 Å². The fraction of sp³-hybridized carbons (Fsp3) is 0.167. The molecule has 0 saturated carbocycles. The number of hydrogen-bond donors (Lipinski definition) is 2. The van der Waals surface area contributed by atoms with Gasteiger partial charge in [-0.1, -0.05) is 30.3 Å². The molecule has 9 heteroatoms. The molecule has 8 nitrogen and oxygen atoms in total. The highest BCUT2D eigenvalue weighted by Crippen LogP contribution is 2.06. The normalized spacial score (nSPS) is 11.7. The molecule has 0 bridgehead atoms. The number of nitrogens with zero attached hydrogens (tertiary/aromatic N) is 4.